The molecule has 0 radical (unpaired) electrons. The number of carbonyl (C=O) groups is 1. The van der Waals surface area contributed by atoms with E-state index in [1.165, 1.54) is 51.4 Å². The maximum Gasteiger partial charge on any atom is 0.237 e. The monoisotopic (exact) mass is 321 g/mol. The fourth-order valence-electron chi connectivity index (χ4n) is 5.05. The summed E-state index contributed by atoms with van der Waals surface area (Å²) in [5.41, 5.74) is 0. The second-order valence-electron chi connectivity index (χ2n) is 7.79. The van der Waals surface area contributed by atoms with Crippen LogP contribution in [0.25, 0.3) is 0 Å². The number of rotatable bonds is 5. The third-order valence-electron chi connectivity index (χ3n) is 6.24. The Morgan fingerprint density at radius 3 is 2.61 bits per heavy atom. The zero-order chi connectivity index (χ0) is 16.1. The quantitative estimate of drug-likeness (QED) is 0.845. The van der Waals surface area contributed by atoms with Crippen molar-refractivity contribution in [2.45, 2.75) is 76.8 Å². The Morgan fingerprint density at radius 1 is 1.09 bits per heavy atom. The van der Waals surface area contributed by atoms with E-state index >= 15 is 0 Å². The number of nitrogens with zero attached hydrogens (tertiary/aromatic N) is 2. The standard InChI is InChI=1S/C19H35N3O/c1-2-13-21(17-9-11-20-12-10-17)15-19(23)22-14-5-7-16-6-3-4-8-18(16)22/h16-18,20H,2-15H2,1H3. The Balaban J connectivity index is 1.60. The van der Waals surface area contributed by atoms with E-state index < -0.39 is 0 Å². The van der Waals surface area contributed by atoms with Crippen molar-refractivity contribution in [2.24, 2.45) is 5.92 Å². The van der Waals surface area contributed by atoms with Gasteiger partial charge in [-0.05, 0) is 70.5 Å². The molecular formula is C19H35N3O. The highest BCUT2D eigenvalue weighted by Crippen LogP contribution is 2.35. The molecule has 1 N–H and O–H groups in total. The molecule has 2 saturated heterocycles. The summed E-state index contributed by atoms with van der Waals surface area (Å²) in [6.07, 6.45) is 11.4. The first-order valence-electron chi connectivity index (χ1n) is 10.0. The Kier molecular flexibility index (Phi) is 6.35. The van der Waals surface area contributed by atoms with Crippen molar-refractivity contribution in [1.29, 1.82) is 0 Å². The SMILES string of the molecule is CCCN(CC(=O)N1CCCC2CCCCC21)C1CCNCC1. The van der Waals surface area contributed by atoms with E-state index in [1.54, 1.807) is 0 Å². The third kappa shape index (κ3) is 4.27. The van der Waals surface area contributed by atoms with Crippen LogP contribution in [0.3, 0.4) is 0 Å². The van der Waals surface area contributed by atoms with Crippen LogP contribution in [0, 0.1) is 5.92 Å². The number of carbonyl (C=O) groups excluding carboxylic acids is 1. The molecule has 132 valence electrons. The molecule has 3 rings (SSSR count). The lowest BCUT2D eigenvalue weighted by atomic mass is 9.78. The van der Waals surface area contributed by atoms with E-state index in [0.717, 1.165) is 38.5 Å². The second-order valence-corrected chi connectivity index (χ2v) is 7.79. The smallest absolute Gasteiger partial charge is 0.237 e. The molecule has 1 amide bonds. The number of hydrogen-bond acceptors (Lipinski definition) is 3. The van der Waals surface area contributed by atoms with E-state index in [-0.39, 0.29) is 0 Å². The molecule has 0 aromatic heterocycles. The predicted molar refractivity (Wildman–Crippen MR) is 94.4 cm³/mol. The largest absolute Gasteiger partial charge is 0.338 e. The van der Waals surface area contributed by atoms with Crippen LogP contribution in [0.15, 0.2) is 0 Å². The molecule has 2 atom stereocenters. The van der Waals surface area contributed by atoms with Gasteiger partial charge < -0.3 is 10.2 Å². The van der Waals surface area contributed by atoms with Gasteiger partial charge in [0.2, 0.25) is 5.91 Å². The van der Waals surface area contributed by atoms with Gasteiger partial charge in [-0.1, -0.05) is 19.8 Å². The number of fused-ring (bicyclic) bond motifs is 1. The predicted octanol–water partition coefficient (Wildman–Crippen LogP) is 2.63. The highest BCUT2D eigenvalue weighted by molar-refractivity contribution is 5.78. The highest BCUT2D eigenvalue weighted by atomic mass is 16.2. The zero-order valence-corrected chi connectivity index (χ0v) is 14.9. The highest BCUT2D eigenvalue weighted by Gasteiger charge is 2.36. The fourth-order valence-corrected chi connectivity index (χ4v) is 5.05. The van der Waals surface area contributed by atoms with Crippen LogP contribution in [0.4, 0.5) is 0 Å². The van der Waals surface area contributed by atoms with E-state index in [1.807, 2.05) is 0 Å². The maximum atomic E-state index is 13.0. The second kappa shape index (κ2) is 8.48. The van der Waals surface area contributed by atoms with Gasteiger partial charge in [0.15, 0.2) is 0 Å². The minimum atomic E-state index is 0.411. The average Bonchev–Trinajstić information content (AvgIpc) is 2.61. The molecule has 4 nitrogen and oxygen atoms in total. The van der Waals surface area contributed by atoms with Crippen molar-refractivity contribution in [1.82, 2.24) is 15.1 Å². The molecule has 2 unspecified atom stereocenters. The van der Waals surface area contributed by atoms with Gasteiger partial charge in [-0.25, -0.2) is 0 Å². The number of nitrogens with one attached hydrogen (secondary N) is 1. The van der Waals surface area contributed by atoms with E-state index in [4.69, 9.17) is 0 Å². The third-order valence-corrected chi connectivity index (χ3v) is 6.24. The molecule has 0 aromatic rings. The Morgan fingerprint density at radius 2 is 1.83 bits per heavy atom. The van der Waals surface area contributed by atoms with Gasteiger partial charge in [-0.15, -0.1) is 0 Å². The van der Waals surface area contributed by atoms with Crippen molar-refractivity contribution in [3.8, 4) is 0 Å². The van der Waals surface area contributed by atoms with Crippen LogP contribution in [-0.4, -0.2) is 60.5 Å². The van der Waals surface area contributed by atoms with E-state index in [9.17, 15) is 4.79 Å². The van der Waals surface area contributed by atoms with Crippen LogP contribution in [0.5, 0.6) is 0 Å². The molecule has 23 heavy (non-hydrogen) atoms. The normalized spacial score (nSPS) is 29.6. The average molecular weight is 322 g/mol. The summed E-state index contributed by atoms with van der Waals surface area (Å²) in [7, 11) is 0. The van der Waals surface area contributed by atoms with Gasteiger partial charge in [0.1, 0.15) is 0 Å². The first-order chi connectivity index (χ1) is 11.3. The number of hydrogen-bond donors (Lipinski definition) is 1. The van der Waals surface area contributed by atoms with Crippen molar-refractivity contribution in [2.75, 3.05) is 32.7 Å². The zero-order valence-electron chi connectivity index (χ0n) is 14.9. The van der Waals surface area contributed by atoms with Gasteiger partial charge in [-0.2, -0.15) is 0 Å². The van der Waals surface area contributed by atoms with Gasteiger partial charge in [0.05, 0.1) is 6.54 Å². The Labute approximate surface area is 142 Å². The topological polar surface area (TPSA) is 35.6 Å². The van der Waals surface area contributed by atoms with Crippen molar-refractivity contribution in [3.05, 3.63) is 0 Å². The lowest BCUT2D eigenvalue weighted by Crippen LogP contribution is -2.54. The molecule has 1 aliphatic carbocycles. The summed E-state index contributed by atoms with van der Waals surface area (Å²) in [5, 5.41) is 3.44. The molecule has 4 heteroatoms. The van der Waals surface area contributed by atoms with Gasteiger partial charge >= 0.3 is 0 Å². The van der Waals surface area contributed by atoms with Crippen LogP contribution >= 0.6 is 0 Å². The van der Waals surface area contributed by atoms with Crippen LogP contribution in [0.1, 0.15) is 64.7 Å². The summed E-state index contributed by atoms with van der Waals surface area (Å²) < 4.78 is 0. The molecule has 0 spiro atoms. The number of amides is 1. The van der Waals surface area contributed by atoms with Crippen molar-refractivity contribution < 1.29 is 4.79 Å². The minimum absolute atomic E-state index is 0.411. The van der Waals surface area contributed by atoms with E-state index in [0.29, 0.717) is 24.5 Å². The summed E-state index contributed by atoms with van der Waals surface area (Å²) in [6.45, 7) is 7.17. The molecule has 0 aromatic carbocycles. The summed E-state index contributed by atoms with van der Waals surface area (Å²) in [5.74, 6) is 1.20. The molecular weight excluding hydrogens is 286 g/mol. The Bertz CT molecular complexity index is 379. The lowest BCUT2D eigenvalue weighted by Gasteiger charge is -2.45. The molecule has 1 saturated carbocycles. The molecule has 3 fully saturated rings. The first-order valence-corrected chi connectivity index (χ1v) is 10.0. The van der Waals surface area contributed by atoms with E-state index in [2.05, 4.69) is 22.0 Å². The summed E-state index contributed by atoms with van der Waals surface area (Å²) >= 11 is 0. The Hall–Kier alpha value is -0.610. The van der Waals surface area contributed by atoms with Gasteiger partial charge in [0.25, 0.3) is 0 Å². The fraction of sp³-hybridized carbons (Fsp3) is 0.947. The van der Waals surface area contributed by atoms with Gasteiger partial charge in [0, 0.05) is 18.6 Å². The summed E-state index contributed by atoms with van der Waals surface area (Å²) in [4.78, 5) is 17.8. The number of likely N-dealkylation sites (tertiary alicyclic amines) is 1. The van der Waals surface area contributed by atoms with Crippen LogP contribution in [-0.2, 0) is 4.79 Å². The maximum absolute atomic E-state index is 13.0. The van der Waals surface area contributed by atoms with Crippen LogP contribution in [0.2, 0.25) is 0 Å². The number of piperidine rings is 2. The summed E-state index contributed by atoms with van der Waals surface area (Å²) in [6, 6.07) is 1.16. The molecule has 3 aliphatic rings. The van der Waals surface area contributed by atoms with Crippen LogP contribution < -0.4 is 5.32 Å². The molecule has 2 heterocycles. The van der Waals surface area contributed by atoms with Crippen molar-refractivity contribution in [3.63, 3.8) is 0 Å². The molecule has 0 bridgehead atoms. The minimum Gasteiger partial charge on any atom is -0.338 e. The lowest BCUT2D eigenvalue weighted by molar-refractivity contribution is -0.139. The first kappa shape index (κ1) is 17.2. The molecule has 2 aliphatic heterocycles. The van der Waals surface area contributed by atoms with Crippen molar-refractivity contribution >= 4 is 5.91 Å². The van der Waals surface area contributed by atoms with Gasteiger partial charge in [-0.3, -0.25) is 9.69 Å².